The Labute approximate surface area is 118 Å². The van der Waals surface area contributed by atoms with E-state index in [9.17, 15) is 4.79 Å². The van der Waals surface area contributed by atoms with Crippen molar-refractivity contribution in [3.63, 3.8) is 0 Å². The van der Waals surface area contributed by atoms with Crippen LogP contribution in [0.5, 0.6) is 0 Å². The fourth-order valence-electron chi connectivity index (χ4n) is 1.41. The second-order valence-electron chi connectivity index (χ2n) is 3.94. The zero-order valence-corrected chi connectivity index (χ0v) is 13.1. The average molecular weight is 364 g/mol. The number of halogens is 2. The predicted molar refractivity (Wildman–Crippen MR) is 78.0 cm³/mol. The van der Waals surface area contributed by atoms with Crippen molar-refractivity contribution in [3.8, 4) is 0 Å². The summed E-state index contributed by atoms with van der Waals surface area (Å²) in [6.45, 7) is 3.83. The maximum Gasteiger partial charge on any atom is 0.244 e. The Bertz CT molecular complexity index is 417. The Balaban J connectivity index is 2.91. The Morgan fingerprint density at radius 1 is 1.35 bits per heavy atom. The van der Waals surface area contributed by atoms with Crippen LogP contribution in [0.2, 0.25) is 0 Å². The molecule has 0 aliphatic heterocycles. The van der Waals surface area contributed by atoms with Gasteiger partial charge in [0.1, 0.15) is 0 Å². The monoisotopic (exact) mass is 362 g/mol. The van der Waals surface area contributed by atoms with Crippen LogP contribution in [0.3, 0.4) is 0 Å². The van der Waals surface area contributed by atoms with E-state index < -0.39 is 5.54 Å². The van der Waals surface area contributed by atoms with Crippen molar-refractivity contribution in [2.45, 2.75) is 32.2 Å². The van der Waals surface area contributed by atoms with E-state index in [4.69, 9.17) is 5.73 Å². The van der Waals surface area contributed by atoms with E-state index in [1.54, 1.807) is 0 Å². The van der Waals surface area contributed by atoms with E-state index in [1.807, 2.05) is 32.0 Å². The van der Waals surface area contributed by atoms with Gasteiger partial charge in [0.05, 0.1) is 11.2 Å². The van der Waals surface area contributed by atoms with E-state index in [1.165, 1.54) is 0 Å². The quantitative estimate of drug-likeness (QED) is 0.857. The standard InChI is InChI=1S/C12H16Br2N2O/c1-3-12(15,4-2)11(17)16-10-7-8(13)5-6-9(10)14/h5-7H,3-4,15H2,1-2H3,(H,16,17). The number of nitrogens with one attached hydrogen (secondary N) is 1. The molecule has 0 saturated heterocycles. The van der Waals surface area contributed by atoms with E-state index in [0.29, 0.717) is 12.8 Å². The van der Waals surface area contributed by atoms with Gasteiger partial charge in [-0.25, -0.2) is 0 Å². The van der Waals surface area contributed by atoms with E-state index in [0.717, 1.165) is 14.6 Å². The molecule has 0 bridgehead atoms. The van der Waals surface area contributed by atoms with Crippen LogP contribution in [0.1, 0.15) is 26.7 Å². The molecule has 3 nitrogen and oxygen atoms in total. The minimum atomic E-state index is -0.804. The van der Waals surface area contributed by atoms with Crippen LogP contribution < -0.4 is 11.1 Å². The summed E-state index contributed by atoms with van der Waals surface area (Å²) in [6.07, 6.45) is 1.22. The summed E-state index contributed by atoms with van der Waals surface area (Å²) in [6, 6.07) is 5.61. The number of rotatable bonds is 4. The van der Waals surface area contributed by atoms with Crippen molar-refractivity contribution in [3.05, 3.63) is 27.1 Å². The third-order valence-corrected chi connectivity index (χ3v) is 4.08. The molecule has 0 aromatic heterocycles. The van der Waals surface area contributed by atoms with Crippen LogP contribution in [-0.2, 0) is 4.79 Å². The third-order valence-electron chi connectivity index (χ3n) is 2.89. The van der Waals surface area contributed by atoms with Crippen LogP contribution in [0.4, 0.5) is 5.69 Å². The van der Waals surface area contributed by atoms with Crippen molar-refractivity contribution in [2.24, 2.45) is 5.73 Å². The molecule has 94 valence electrons. The average Bonchev–Trinajstić information content (AvgIpc) is 2.32. The fourth-order valence-corrected chi connectivity index (χ4v) is 2.12. The molecular formula is C12H16Br2N2O. The zero-order valence-electron chi connectivity index (χ0n) is 9.89. The van der Waals surface area contributed by atoms with E-state index in [2.05, 4.69) is 37.2 Å². The van der Waals surface area contributed by atoms with Crippen LogP contribution in [0, 0.1) is 0 Å². The Morgan fingerprint density at radius 3 is 2.47 bits per heavy atom. The first-order valence-corrected chi connectivity index (χ1v) is 7.07. The summed E-state index contributed by atoms with van der Waals surface area (Å²) in [4.78, 5) is 12.1. The largest absolute Gasteiger partial charge is 0.323 e. The second kappa shape index (κ2) is 5.98. The van der Waals surface area contributed by atoms with Gasteiger partial charge in [0.25, 0.3) is 0 Å². The lowest BCUT2D eigenvalue weighted by atomic mass is 9.93. The van der Waals surface area contributed by atoms with Crippen molar-refractivity contribution < 1.29 is 4.79 Å². The second-order valence-corrected chi connectivity index (χ2v) is 5.71. The highest BCUT2D eigenvalue weighted by Crippen LogP contribution is 2.27. The highest BCUT2D eigenvalue weighted by Gasteiger charge is 2.30. The van der Waals surface area contributed by atoms with Crippen molar-refractivity contribution in [2.75, 3.05) is 5.32 Å². The summed E-state index contributed by atoms with van der Waals surface area (Å²) in [7, 11) is 0. The minimum absolute atomic E-state index is 0.152. The number of amides is 1. The molecule has 0 saturated carbocycles. The molecule has 0 unspecified atom stereocenters. The molecule has 0 radical (unpaired) electrons. The summed E-state index contributed by atoms with van der Waals surface area (Å²) in [5, 5.41) is 2.85. The van der Waals surface area contributed by atoms with E-state index >= 15 is 0 Å². The molecule has 0 fully saturated rings. The van der Waals surface area contributed by atoms with Crippen LogP contribution >= 0.6 is 31.9 Å². The first-order valence-electron chi connectivity index (χ1n) is 5.48. The summed E-state index contributed by atoms with van der Waals surface area (Å²) in [5.41, 5.74) is 5.96. The number of hydrogen-bond donors (Lipinski definition) is 2. The number of nitrogens with two attached hydrogens (primary N) is 1. The van der Waals surface area contributed by atoms with Crippen molar-refractivity contribution >= 4 is 43.5 Å². The molecule has 1 amide bonds. The van der Waals surface area contributed by atoms with Gasteiger partial charge >= 0.3 is 0 Å². The van der Waals surface area contributed by atoms with Gasteiger partial charge in [0.2, 0.25) is 5.91 Å². The lowest BCUT2D eigenvalue weighted by molar-refractivity contribution is -0.121. The number of carbonyl (C=O) groups excluding carboxylic acids is 1. The molecule has 0 atom stereocenters. The minimum Gasteiger partial charge on any atom is -0.323 e. The highest BCUT2D eigenvalue weighted by atomic mass is 79.9. The maximum atomic E-state index is 12.1. The van der Waals surface area contributed by atoms with Crippen LogP contribution in [0.25, 0.3) is 0 Å². The molecule has 0 aliphatic rings. The molecule has 5 heteroatoms. The first kappa shape index (κ1) is 14.7. The van der Waals surface area contributed by atoms with E-state index in [-0.39, 0.29) is 5.91 Å². The van der Waals surface area contributed by atoms with Gasteiger partial charge in [-0.1, -0.05) is 29.8 Å². The molecule has 0 spiro atoms. The van der Waals surface area contributed by atoms with Crippen LogP contribution in [0.15, 0.2) is 27.1 Å². The Hall–Kier alpha value is -0.390. The lowest BCUT2D eigenvalue weighted by Crippen LogP contribution is -2.50. The van der Waals surface area contributed by atoms with Crippen molar-refractivity contribution in [1.29, 1.82) is 0 Å². The molecule has 3 N–H and O–H groups in total. The Kier molecular flexibility index (Phi) is 5.16. The van der Waals surface area contributed by atoms with Crippen LogP contribution in [-0.4, -0.2) is 11.4 Å². The number of benzene rings is 1. The summed E-state index contributed by atoms with van der Waals surface area (Å²) >= 11 is 6.76. The smallest absolute Gasteiger partial charge is 0.244 e. The number of anilines is 1. The maximum absolute atomic E-state index is 12.1. The molecule has 1 aromatic rings. The molecular weight excluding hydrogens is 348 g/mol. The molecule has 0 heterocycles. The van der Waals surface area contributed by atoms with Crippen molar-refractivity contribution in [1.82, 2.24) is 0 Å². The Morgan fingerprint density at radius 2 is 1.94 bits per heavy atom. The molecule has 0 aliphatic carbocycles. The SMILES string of the molecule is CCC(N)(CC)C(=O)Nc1cc(Br)ccc1Br. The molecule has 17 heavy (non-hydrogen) atoms. The lowest BCUT2D eigenvalue weighted by Gasteiger charge is -2.25. The van der Waals surface area contributed by atoms with Gasteiger partial charge in [-0.15, -0.1) is 0 Å². The van der Waals surface area contributed by atoms with Gasteiger partial charge in [-0.2, -0.15) is 0 Å². The predicted octanol–water partition coefficient (Wildman–Crippen LogP) is 3.67. The number of hydrogen-bond acceptors (Lipinski definition) is 2. The zero-order chi connectivity index (χ0) is 13.1. The molecule has 1 aromatic carbocycles. The van der Waals surface area contributed by atoms with Gasteiger partial charge in [0.15, 0.2) is 0 Å². The molecule has 1 rings (SSSR count). The van der Waals surface area contributed by atoms with Gasteiger partial charge < -0.3 is 11.1 Å². The summed E-state index contributed by atoms with van der Waals surface area (Å²) < 4.78 is 1.75. The number of carbonyl (C=O) groups is 1. The summed E-state index contributed by atoms with van der Waals surface area (Å²) in [5.74, 6) is -0.152. The highest BCUT2D eigenvalue weighted by molar-refractivity contribution is 9.11. The van der Waals surface area contributed by atoms with Gasteiger partial charge in [-0.05, 0) is 47.0 Å². The first-order chi connectivity index (χ1) is 7.92. The fraction of sp³-hybridized carbons (Fsp3) is 0.417. The van der Waals surface area contributed by atoms with Gasteiger partial charge in [-0.3, -0.25) is 4.79 Å². The van der Waals surface area contributed by atoms with Gasteiger partial charge in [0, 0.05) is 8.95 Å². The topological polar surface area (TPSA) is 55.1 Å². The third kappa shape index (κ3) is 3.53. The normalized spacial score (nSPS) is 11.4.